The maximum Gasteiger partial charge on any atom is 0.319 e. The lowest BCUT2D eigenvalue weighted by Crippen LogP contribution is -2.30. The summed E-state index contributed by atoms with van der Waals surface area (Å²) in [5, 5.41) is 10.7. The standard InChI is InChI=1S/C18H20FN5O/c1-12(2)24-17-14(10-22-24)9-16(11-21-17)23-18(25)20-7-6-13-4-3-5-15(19)8-13/h3-5,8-12H,6-7H2,1-2H3,(H2,20,23,25). The highest BCUT2D eigenvalue weighted by molar-refractivity contribution is 5.91. The molecule has 0 saturated heterocycles. The number of amides is 2. The first-order valence-electron chi connectivity index (χ1n) is 8.15. The number of carbonyl (C=O) groups is 1. The van der Waals surface area contributed by atoms with Crippen LogP contribution in [0.4, 0.5) is 14.9 Å². The van der Waals surface area contributed by atoms with Crippen LogP contribution in [0.25, 0.3) is 11.0 Å². The SMILES string of the molecule is CC(C)n1ncc2cc(NC(=O)NCCc3cccc(F)c3)cnc21. The van der Waals surface area contributed by atoms with E-state index in [2.05, 4.69) is 20.7 Å². The van der Waals surface area contributed by atoms with E-state index >= 15 is 0 Å². The Balaban J connectivity index is 1.56. The van der Waals surface area contributed by atoms with Crippen LogP contribution in [0.5, 0.6) is 0 Å². The number of fused-ring (bicyclic) bond motifs is 1. The van der Waals surface area contributed by atoms with Crippen LogP contribution in [-0.4, -0.2) is 27.3 Å². The topological polar surface area (TPSA) is 71.8 Å². The minimum Gasteiger partial charge on any atom is -0.338 e. The van der Waals surface area contributed by atoms with Crippen LogP contribution < -0.4 is 10.6 Å². The first-order chi connectivity index (χ1) is 12.0. The number of urea groups is 1. The highest BCUT2D eigenvalue weighted by atomic mass is 19.1. The zero-order valence-corrected chi connectivity index (χ0v) is 14.2. The number of pyridine rings is 1. The molecule has 1 aromatic carbocycles. The van der Waals surface area contributed by atoms with Gasteiger partial charge in [0.1, 0.15) is 5.82 Å². The lowest BCUT2D eigenvalue weighted by Gasteiger charge is -2.09. The number of nitrogens with zero attached hydrogens (tertiary/aromatic N) is 3. The third-order valence-electron chi connectivity index (χ3n) is 3.77. The molecule has 0 aliphatic carbocycles. The van der Waals surface area contributed by atoms with E-state index in [0.29, 0.717) is 18.7 Å². The van der Waals surface area contributed by atoms with Crippen molar-refractivity contribution in [3.8, 4) is 0 Å². The Hall–Kier alpha value is -2.96. The summed E-state index contributed by atoms with van der Waals surface area (Å²) in [6.07, 6.45) is 3.90. The molecule has 0 spiro atoms. The molecule has 0 fully saturated rings. The largest absolute Gasteiger partial charge is 0.338 e. The highest BCUT2D eigenvalue weighted by Crippen LogP contribution is 2.18. The van der Waals surface area contributed by atoms with Crippen LogP contribution in [0.2, 0.25) is 0 Å². The van der Waals surface area contributed by atoms with E-state index < -0.39 is 0 Å². The van der Waals surface area contributed by atoms with Crippen LogP contribution >= 0.6 is 0 Å². The summed E-state index contributed by atoms with van der Waals surface area (Å²) in [6, 6.07) is 8.07. The number of rotatable bonds is 5. The highest BCUT2D eigenvalue weighted by Gasteiger charge is 2.09. The molecule has 0 aliphatic heterocycles. The third kappa shape index (κ3) is 4.12. The van der Waals surface area contributed by atoms with Gasteiger partial charge in [-0.2, -0.15) is 5.10 Å². The Morgan fingerprint density at radius 2 is 2.12 bits per heavy atom. The van der Waals surface area contributed by atoms with Gasteiger partial charge in [0, 0.05) is 18.0 Å². The minimum atomic E-state index is -0.325. The number of anilines is 1. The molecule has 2 aromatic heterocycles. The van der Waals surface area contributed by atoms with Crippen molar-refractivity contribution in [2.24, 2.45) is 0 Å². The second kappa shape index (κ2) is 7.29. The first kappa shape index (κ1) is 16.9. The summed E-state index contributed by atoms with van der Waals surface area (Å²) >= 11 is 0. The second-order valence-corrected chi connectivity index (χ2v) is 6.08. The molecule has 0 atom stereocenters. The van der Waals surface area contributed by atoms with E-state index in [0.717, 1.165) is 16.6 Å². The Morgan fingerprint density at radius 3 is 2.88 bits per heavy atom. The van der Waals surface area contributed by atoms with Crippen LogP contribution in [-0.2, 0) is 6.42 Å². The fraction of sp³-hybridized carbons (Fsp3) is 0.278. The van der Waals surface area contributed by atoms with Crippen molar-refractivity contribution < 1.29 is 9.18 Å². The molecule has 25 heavy (non-hydrogen) atoms. The van der Waals surface area contributed by atoms with Crippen molar-refractivity contribution in [1.29, 1.82) is 0 Å². The first-order valence-corrected chi connectivity index (χ1v) is 8.15. The van der Waals surface area contributed by atoms with Crippen molar-refractivity contribution in [3.63, 3.8) is 0 Å². The van der Waals surface area contributed by atoms with Crippen molar-refractivity contribution in [3.05, 3.63) is 54.1 Å². The number of hydrogen-bond donors (Lipinski definition) is 2. The summed E-state index contributed by atoms with van der Waals surface area (Å²) < 4.78 is 14.9. The maximum absolute atomic E-state index is 13.1. The summed E-state index contributed by atoms with van der Waals surface area (Å²) in [5.41, 5.74) is 2.22. The number of carbonyl (C=O) groups excluding carboxylic acids is 1. The lowest BCUT2D eigenvalue weighted by molar-refractivity contribution is 0.252. The molecule has 2 amide bonds. The number of halogens is 1. The Bertz CT molecular complexity index is 890. The zero-order valence-electron chi connectivity index (χ0n) is 14.2. The van der Waals surface area contributed by atoms with E-state index in [4.69, 9.17) is 0 Å². The van der Waals surface area contributed by atoms with Gasteiger partial charge in [-0.15, -0.1) is 0 Å². The maximum atomic E-state index is 13.1. The second-order valence-electron chi connectivity index (χ2n) is 6.08. The molecule has 2 N–H and O–H groups in total. The van der Waals surface area contributed by atoms with Gasteiger partial charge < -0.3 is 10.6 Å². The summed E-state index contributed by atoms with van der Waals surface area (Å²) in [5.74, 6) is -0.275. The molecule has 7 heteroatoms. The average Bonchev–Trinajstić information content (AvgIpc) is 2.98. The number of hydrogen-bond acceptors (Lipinski definition) is 3. The van der Waals surface area contributed by atoms with Gasteiger partial charge >= 0.3 is 6.03 Å². The van der Waals surface area contributed by atoms with E-state index in [1.54, 1.807) is 18.5 Å². The molecule has 0 bridgehead atoms. The third-order valence-corrected chi connectivity index (χ3v) is 3.77. The van der Waals surface area contributed by atoms with Gasteiger partial charge in [-0.05, 0) is 44.0 Å². The molecule has 0 unspecified atom stereocenters. The molecule has 3 aromatic rings. The van der Waals surface area contributed by atoms with Gasteiger partial charge in [0.2, 0.25) is 0 Å². The molecule has 0 radical (unpaired) electrons. The monoisotopic (exact) mass is 341 g/mol. The fourth-order valence-electron chi connectivity index (χ4n) is 2.57. The van der Waals surface area contributed by atoms with Crippen LogP contribution in [0.3, 0.4) is 0 Å². The predicted octanol–water partition coefficient (Wildman–Crippen LogP) is 3.52. The van der Waals surface area contributed by atoms with Crippen molar-refractivity contribution in [2.75, 3.05) is 11.9 Å². The molecule has 6 nitrogen and oxygen atoms in total. The van der Waals surface area contributed by atoms with Crippen molar-refractivity contribution in [2.45, 2.75) is 26.3 Å². The normalized spacial score (nSPS) is 11.0. The van der Waals surface area contributed by atoms with Crippen LogP contribution in [0.15, 0.2) is 42.7 Å². The van der Waals surface area contributed by atoms with Gasteiger partial charge in [-0.3, -0.25) is 0 Å². The van der Waals surface area contributed by atoms with Crippen molar-refractivity contribution in [1.82, 2.24) is 20.1 Å². The van der Waals surface area contributed by atoms with Gasteiger partial charge in [0.25, 0.3) is 0 Å². The molecule has 3 rings (SSSR count). The summed E-state index contributed by atoms with van der Waals surface area (Å²) in [7, 11) is 0. The number of nitrogens with one attached hydrogen (secondary N) is 2. The Morgan fingerprint density at radius 1 is 1.28 bits per heavy atom. The smallest absolute Gasteiger partial charge is 0.319 e. The van der Waals surface area contributed by atoms with Crippen LogP contribution in [0.1, 0.15) is 25.5 Å². The van der Waals surface area contributed by atoms with Gasteiger partial charge in [-0.25, -0.2) is 18.9 Å². The predicted molar refractivity (Wildman–Crippen MR) is 95.0 cm³/mol. The van der Waals surface area contributed by atoms with Crippen LogP contribution in [0, 0.1) is 5.82 Å². The Kier molecular flexibility index (Phi) is 4.92. The summed E-state index contributed by atoms with van der Waals surface area (Å²) in [6.45, 7) is 4.48. The van der Waals surface area contributed by atoms with E-state index in [1.165, 1.54) is 12.1 Å². The molecular formula is C18H20FN5O. The van der Waals surface area contributed by atoms with E-state index in [-0.39, 0.29) is 17.9 Å². The molecule has 2 heterocycles. The summed E-state index contributed by atoms with van der Waals surface area (Å²) in [4.78, 5) is 16.3. The zero-order chi connectivity index (χ0) is 17.8. The Labute approximate surface area is 145 Å². The van der Waals surface area contributed by atoms with E-state index in [1.807, 2.05) is 30.7 Å². The molecular weight excluding hydrogens is 321 g/mol. The number of aromatic nitrogens is 3. The molecule has 0 saturated carbocycles. The minimum absolute atomic E-state index is 0.218. The lowest BCUT2D eigenvalue weighted by atomic mass is 10.1. The average molecular weight is 341 g/mol. The van der Waals surface area contributed by atoms with E-state index in [9.17, 15) is 9.18 Å². The quantitative estimate of drug-likeness (QED) is 0.746. The molecule has 0 aliphatic rings. The van der Waals surface area contributed by atoms with Gasteiger partial charge in [0.15, 0.2) is 5.65 Å². The van der Waals surface area contributed by atoms with Gasteiger partial charge in [-0.1, -0.05) is 12.1 Å². The molecule has 130 valence electrons. The van der Waals surface area contributed by atoms with Gasteiger partial charge in [0.05, 0.1) is 18.1 Å². The number of benzene rings is 1. The van der Waals surface area contributed by atoms with Crippen molar-refractivity contribution >= 4 is 22.8 Å². The fourth-order valence-corrected chi connectivity index (χ4v) is 2.57.